The van der Waals surface area contributed by atoms with Crippen LogP contribution in [0.4, 0.5) is 0 Å². The van der Waals surface area contributed by atoms with Gasteiger partial charge in [-0.2, -0.15) is 0 Å². The molecule has 1 aliphatic heterocycles. The summed E-state index contributed by atoms with van der Waals surface area (Å²) < 4.78 is 11.4. The average molecular weight is 249 g/mol. The highest BCUT2D eigenvalue weighted by Gasteiger charge is 2.25. The Morgan fingerprint density at radius 1 is 1.28 bits per heavy atom. The van der Waals surface area contributed by atoms with Crippen LogP contribution in [0, 0.1) is 5.41 Å². The van der Waals surface area contributed by atoms with Gasteiger partial charge in [-0.3, -0.25) is 4.79 Å². The summed E-state index contributed by atoms with van der Waals surface area (Å²) in [6.45, 7) is 5.70. The molecule has 0 amide bonds. The van der Waals surface area contributed by atoms with Gasteiger partial charge in [-0.1, -0.05) is 13.8 Å². The van der Waals surface area contributed by atoms with Gasteiger partial charge in [0.05, 0.1) is 19.8 Å². The van der Waals surface area contributed by atoms with Crippen LogP contribution in [0.25, 0.3) is 0 Å². The number of likely N-dealkylation sites (N-methyl/N-ethyl adjacent to an activating group) is 1. The molecule has 0 spiro atoms. The minimum absolute atomic E-state index is 0.0197. The monoisotopic (exact) mass is 249 g/mol. The van der Waals surface area contributed by atoms with E-state index >= 15 is 0 Å². The lowest BCUT2D eigenvalue weighted by Crippen LogP contribution is -2.26. The third-order valence-corrected chi connectivity index (χ3v) is 2.84. The maximum atomic E-state index is 11.8. The second-order valence-electron chi connectivity index (χ2n) is 5.36. The largest absolute Gasteiger partial charge is 0.489 e. The summed E-state index contributed by atoms with van der Waals surface area (Å²) >= 11 is 0. The molecule has 18 heavy (non-hydrogen) atoms. The lowest BCUT2D eigenvalue weighted by molar-refractivity contribution is 0.0993. The number of hydrogen-bond donors (Lipinski definition) is 1. The van der Waals surface area contributed by atoms with E-state index in [0.29, 0.717) is 36.8 Å². The van der Waals surface area contributed by atoms with Crippen molar-refractivity contribution in [2.24, 2.45) is 5.41 Å². The number of benzene rings is 1. The summed E-state index contributed by atoms with van der Waals surface area (Å²) in [5, 5.41) is 2.85. The molecule has 0 aromatic heterocycles. The van der Waals surface area contributed by atoms with E-state index in [4.69, 9.17) is 9.47 Å². The number of fused-ring (bicyclic) bond motifs is 1. The van der Waals surface area contributed by atoms with Crippen molar-refractivity contribution < 1.29 is 14.3 Å². The summed E-state index contributed by atoms with van der Waals surface area (Å²) in [6.07, 6.45) is 0. The van der Waals surface area contributed by atoms with Crippen LogP contribution in [0.1, 0.15) is 24.2 Å². The van der Waals surface area contributed by atoms with Crippen LogP contribution >= 0.6 is 0 Å². The zero-order valence-corrected chi connectivity index (χ0v) is 11.1. The molecule has 1 N–H and O–H groups in total. The highest BCUT2D eigenvalue weighted by Crippen LogP contribution is 2.34. The Labute approximate surface area is 107 Å². The summed E-state index contributed by atoms with van der Waals surface area (Å²) in [7, 11) is 1.75. The van der Waals surface area contributed by atoms with Crippen molar-refractivity contribution in [3.8, 4) is 11.5 Å². The molecule has 2 rings (SSSR count). The van der Waals surface area contributed by atoms with Crippen LogP contribution in [0.3, 0.4) is 0 Å². The second kappa shape index (κ2) is 4.98. The van der Waals surface area contributed by atoms with Crippen molar-refractivity contribution in [2.75, 3.05) is 26.8 Å². The molecule has 0 fully saturated rings. The van der Waals surface area contributed by atoms with Gasteiger partial charge in [0.25, 0.3) is 0 Å². The Kier molecular flexibility index (Phi) is 3.57. The Hall–Kier alpha value is -1.55. The van der Waals surface area contributed by atoms with Crippen molar-refractivity contribution in [1.29, 1.82) is 0 Å². The maximum absolute atomic E-state index is 11.8. The Morgan fingerprint density at radius 2 is 1.94 bits per heavy atom. The lowest BCUT2D eigenvalue weighted by Gasteiger charge is -2.19. The Morgan fingerprint density at radius 3 is 2.61 bits per heavy atom. The van der Waals surface area contributed by atoms with Gasteiger partial charge in [-0.05, 0) is 25.2 Å². The van der Waals surface area contributed by atoms with E-state index in [9.17, 15) is 4.79 Å². The molecule has 0 radical (unpaired) electrons. The van der Waals surface area contributed by atoms with Crippen LogP contribution in [-0.2, 0) is 0 Å². The molecule has 0 saturated carbocycles. The average Bonchev–Trinajstić information content (AvgIpc) is 2.49. The van der Waals surface area contributed by atoms with Crippen molar-refractivity contribution in [2.45, 2.75) is 13.8 Å². The number of ketones is 1. The normalized spacial score (nSPS) is 17.1. The molecule has 1 aromatic carbocycles. The summed E-state index contributed by atoms with van der Waals surface area (Å²) in [4.78, 5) is 11.8. The fourth-order valence-corrected chi connectivity index (χ4v) is 1.76. The summed E-state index contributed by atoms with van der Waals surface area (Å²) in [6, 6.07) is 5.34. The minimum atomic E-state index is -0.0197. The smallest absolute Gasteiger partial charge is 0.176 e. The molecule has 1 heterocycles. The van der Waals surface area contributed by atoms with E-state index in [1.807, 2.05) is 0 Å². The third kappa shape index (κ3) is 2.82. The van der Waals surface area contributed by atoms with Crippen molar-refractivity contribution in [1.82, 2.24) is 5.32 Å². The molecular weight excluding hydrogens is 230 g/mol. The van der Waals surface area contributed by atoms with Crippen LogP contribution in [-0.4, -0.2) is 32.6 Å². The van der Waals surface area contributed by atoms with Crippen molar-refractivity contribution in [3.05, 3.63) is 23.8 Å². The van der Waals surface area contributed by atoms with Crippen LogP contribution in [0.5, 0.6) is 11.5 Å². The highest BCUT2D eigenvalue weighted by molar-refractivity contribution is 5.98. The van der Waals surface area contributed by atoms with Gasteiger partial charge in [-0.25, -0.2) is 0 Å². The Balaban J connectivity index is 2.23. The van der Waals surface area contributed by atoms with Gasteiger partial charge in [0, 0.05) is 11.0 Å². The number of ether oxygens (including phenoxy) is 2. The maximum Gasteiger partial charge on any atom is 0.176 e. The van der Waals surface area contributed by atoms with Gasteiger partial charge in [-0.15, -0.1) is 0 Å². The highest BCUT2D eigenvalue weighted by atomic mass is 16.5. The van der Waals surface area contributed by atoms with E-state index in [2.05, 4.69) is 19.2 Å². The molecule has 0 atom stereocenters. The van der Waals surface area contributed by atoms with E-state index in [-0.39, 0.29) is 11.2 Å². The number of rotatable bonds is 3. The third-order valence-electron chi connectivity index (χ3n) is 2.84. The molecule has 0 unspecified atom stereocenters. The zero-order valence-electron chi connectivity index (χ0n) is 11.1. The molecule has 1 aliphatic rings. The first-order valence-corrected chi connectivity index (χ1v) is 6.09. The first-order valence-electron chi connectivity index (χ1n) is 6.09. The quantitative estimate of drug-likeness (QED) is 0.831. The molecule has 4 heteroatoms. The number of nitrogens with one attached hydrogen (secondary N) is 1. The Bertz CT molecular complexity index is 454. The summed E-state index contributed by atoms with van der Waals surface area (Å²) in [5.41, 5.74) is 0.625. The zero-order chi connectivity index (χ0) is 13.2. The van der Waals surface area contributed by atoms with Gasteiger partial charge >= 0.3 is 0 Å². The van der Waals surface area contributed by atoms with Crippen LogP contribution in [0.15, 0.2) is 18.2 Å². The molecule has 0 saturated heterocycles. The minimum Gasteiger partial charge on any atom is -0.489 e. The van der Waals surface area contributed by atoms with Crippen molar-refractivity contribution >= 4 is 5.78 Å². The van der Waals surface area contributed by atoms with Crippen LogP contribution < -0.4 is 14.8 Å². The predicted molar refractivity (Wildman–Crippen MR) is 69.5 cm³/mol. The van der Waals surface area contributed by atoms with Gasteiger partial charge < -0.3 is 14.8 Å². The van der Waals surface area contributed by atoms with Gasteiger partial charge in [0.15, 0.2) is 17.3 Å². The number of carbonyl (C=O) groups is 1. The van der Waals surface area contributed by atoms with Gasteiger partial charge in [0.2, 0.25) is 0 Å². The fourth-order valence-electron chi connectivity index (χ4n) is 1.76. The molecule has 98 valence electrons. The van der Waals surface area contributed by atoms with Gasteiger partial charge in [0.1, 0.15) is 0 Å². The topological polar surface area (TPSA) is 47.6 Å². The van der Waals surface area contributed by atoms with Crippen LogP contribution in [0.2, 0.25) is 0 Å². The van der Waals surface area contributed by atoms with E-state index in [1.54, 1.807) is 25.2 Å². The van der Waals surface area contributed by atoms with Crippen molar-refractivity contribution in [3.63, 3.8) is 0 Å². The number of carbonyl (C=O) groups excluding carboxylic acids is 1. The number of hydrogen-bond acceptors (Lipinski definition) is 4. The van der Waals surface area contributed by atoms with E-state index < -0.39 is 0 Å². The molecular formula is C14H19NO3. The molecule has 4 nitrogen and oxygen atoms in total. The van der Waals surface area contributed by atoms with E-state index in [0.717, 1.165) is 0 Å². The lowest BCUT2D eigenvalue weighted by atomic mass is 9.97. The number of Topliss-reactive ketones (excluding diaryl/α,β-unsaturated/α-hetero) is 1. The molecule has 0 aliphatic carbocycles. The molecule has 1 aromatic rings. The second-order valence-corrected chi connectivity index (χ2v) is 5.36. The fraction of sp³-hybridized carbons (Fsp3) is 0.500. The first kappa shape index (κ1) is 12.9. The standard InChI is InChI=1S/C14H19NO3/c1-14(2)8-17-12-5-4-10(11(16)7-15-3)6-13(12)18-9-14/h4-6,15H,7-9H2,1-3H3. The molecule has 0 bridgehead atoms. The van der Waals surface area contributed by atoms with E-state index in [1.165, 1.54) is 0 Å². The summed E-state index contributed by atoms with van der Waals surface area (Å²) in [5.74, 6) is 1.41. The first-order chi connectivity index (χ1) is 8.52. The SMILES string of the molecule is CNCC(=O)c1ccc2c(c1)OCC(C)(C)CO2. The predicted octanol–water partition coefficient (Wildman–Crippen LogP) is 1.89.